The maximum absolute atomic E-state index is 10.7. The zero-order valence-corrected chi connectivity index (χ0v) is 9.86. The summed E-state index contributed by atoms with van der Waals surface area (Å²) in [7, 11) is 0. The second-order valence-corrected chi connectivity index (χ2v) is 4.53. The summed E-state index contributed by atoms with van der Waals surface area (Å²) in [5.41, 5.74) is 2.57. The first kappa shape index (κ1) is 11.2. The number of phenolic OH excluding ortho intramolecular Hbond substituents is 1. The number of aliphatic carboxylic acids is 1. The highest BCUT2D eigenvalue weighted by molar-refractivity contribution is 5.69. The topological polar surface area (TPSA) is 76.0 Å². The van der Waals surface area contributed by atoms with E-state index in [2.05, 4.69) is 0 Å². The second kappa shape index (κ2) is 4.08. The molecule has 2 aliphatic rings. The molecule has 0 spiro atoms. The number of hydrogen-bond donors (Lipinski definition) is 2. The Morgan fingerprint density at radius 3 is 2.50 bits per heavy atom. The molecule has 0 unspecified atom stereocenters. The summed E-state index contributed by atoms with van der Waals surface area (Å²) < 4.78 is 11.0. The largest absolute Gasteiger partial charge is 0.504 e. The zero-order chi connectivity index (χ0) is 12.7. The summed E-state index contributed by atoms with van der Waals surface area (Å²) >= 11 is 0. The van der Waals surface area contributed by atoms with E-state index in [0.717, 1.165) is 16.7 Å². The molecule has 5 heteroatoms. The first-order valence-electron chi connectivity index (χ1n) is 6.05. The predicted molar refractivity (Wildman–Crippen MR) is 62.5 cm³/mol. The van der Waals surface area contributed by atoms with Crippen molar-refractivity contribution >= 4 is 5.97 Å². The van der Waals surface area contributed by atoms with Gasteiger partial charge in [-0.1, -0.05) is 0 Å². The molecular formula is C13H14O5. The highest BCUT2D eigenvalue weighted by atomic mass is 16.5. The summed E-state index contributed by atoms with van der Waals surface area (Å²) in [6.45, 7) is 1.07. The van der Waals surface area contributed by atoms with Crippen molar-refractivity contribution in [1.82, 2.24) is 0 Å². The number of aromatic hydroxyl groups is 1. The Kier molecular flexibility index (Phi) is 2.54. The quantitative estimate of drug-likeness (QED) is 0.845. The highest BCUT2D eigenvalue weighted by Crippen LogP contribution is 2.48. The van der Waals surface area contributed by atoms with E-state index >= 15 is 0 Å². The van der Waals surface area contributed by atoms with Crippen LogP contribution in [0.25, 0.3) is 0 Å². The normalized spacial score (nSPS) is 15.8. The van der Waals surface area contributed by atoms with Gasteiger partial charge in [-0.15, -0.1) is 0 Å². The minimum atomic E-state index is -0.831. The van der Waals surface area contributed by atoms with Crippen LogP contribution in [0.5, 0.6) is 17.2 Å². The minimum Gasteiger partial charge on any atom is -0.504 e. The molecule has 18 heavy (non-hydrogen) atoms. The van der Waals surface area contributed by atoms with Crippen LogP contribution in [0, 0.1) is 0 Å². The molecule has 0 aromatic heterocycles. The molecule has 0 atom stereocenters. The summed E-state index contributed by atoms with van der Waals surface area (Å²) in [5, 5.41) is 18.9. The molecule has 2 heterocycles. The molecule has 0 fully saturated rings. The maximum atomic E-state index is 10.7. The molecule has 1 aromatic carbocycles. The minimum absolute atomic E-state index is 0.0625. The fourth-order valence-corrected chi connectivity index (χ4v) is 2.68. The monoisotopic (exact) mass is 250 g/mol. The van der Waals surface area contributed by atoms with Gasteiger partial charge in [0.1, 0.15) is 5.75 Å². The van der Waals surface area contributed by atoms with Gasteiger partial charge in [-0.25, -0.2) is 0 Å². The lowest BCUT2D eigenvalue weighted by Crippen LogP contribution is -2.02. The molecular weight excluding hydrogens is 236 g/mol. The molecule has 0 radical (unpaired) electrons. The van der Waals surface area contributed by atoms with Crippen molar-refractivity contribution in [3.8, 4) is 17.2 Å². The van der Waals surface area contributed by atoms with E-state index in [4.69, 9.17) is 14.6 Å². The average molecular weight is 250 g/mol. The predicted octanol–water partition coefficient (Wildman–Crippen LogP) is 1.28. The third kappa shape index (κ3) is 1.58. The van der Waals surface area contributed by atoms with Gasteiger partial charge in [0, 0.05) is 36.0 Å². The first-order chi connectivity index (χ1) is 8.68. The number of rotatable bonds is 3. The Hall–Kier alpha value is -1.91. The van der Waals surface area contributed by atoms with Gasteiger partial charge in [-0.2, -0.15) is 0 Å². The van der Waals surface area contributed by atoms with Crippen molar-refractivity contribution in [2.45, 2.75) is 25.7 Å². The smallest absolute Gasteiger partial charge is 0.303 e. The Morgan fingerprint density at radius 2 is 1.78 bits per heavy atom. The fraction of sp³-hybridized carbons (Fsp3) is 0.462. The van der Waals surface area contributed by atoms with Crippen LogP contribution in [0.4, 0.5) is 0 Å². The van der Waals surface area contributed by atoms with E-state index in [1.807, 2.05) is 0 Å². The fourth-order valence-electron chi connectivity index (χ4n) is 2.68. The van der Waals surface area contributed by atoms with Crippen molar-refractivity contribution in [2.24, 2.45) is 0 Å². The van der Waals surface area contributed by atoms with Crippen LogP contribution in [-0.4, -0.2) is 29.4 Å². The van der Waals surface area contributed by atoms with Crippen molar-refractivity contribution in [1.29, 1.82) is 0 Å². The number of carbonyl (C=O) groups is 1. The summed E-state index contributed by atoms with van der Waals surface area (Å²) in [6.07, 6.45) is 1.84. The lowest BCUT2D eigenvalue weighted by molar-refractivity contribution is -0.136. The van der Waals surface area contributed by atoms with Crippen LogP contribution in [0.2, 0.25) is 0 Å². The molecule has 2 aliphatic heterocycles. The Morgan fingerprint density at radius 1 is 1.11 bits per heavy atom. The summed E-state index contributed by atoms with van der Waals surface area (Å²) in [4.78, 5) is 10.7. The van der Waals surface area contributed by atoms with Crippen LogP contribution in [0.1, 0.15) is 23.1 Å². The van der Waals surface area contributed by atoms with Crippen molar-refractivity contribution in [2.75, 3.05) is 13.2 Å². The molecule has 0 aliphatic carbocycles. The third-order valence-electron chi connectivity index (χ3n) is 3.47. The Balaban J connectivity index is 2.09. The molecule has 2 N–H and O–H groups in total. The van der Waals surface area contributed by atoms with E-state index in [0.29, 0.717) is 44.0 Å². The van der Waals surface area contributed by atoms with Crippen LogP contribution in [-0.2, 0) is 24.1 Å². The number of hydrogen-bond acceptors (Lipinski definition) is 4. The lowest BCUT2D eigenvalue weighted by atomic mass is 9.95. The Bertz CT molecular complexity index is 486. The van der Waals surface area contributed by atoms with E-state index < -0.39 is 5.97 Å². The number of fused-ring (bicyclic) bond motifs is 2. The molecule has 5 nitrogen and oxygen atoms in total. The molecule has 0 saturated carbocycles. The van der Waals surface area contributed by atoms with Gasteiger partial charge in [-0.3, -0.25) is 4.79 Å². The SMILES string of the molecule is O=C(O)CCc1c2c(c(O)c3c1OCC3)OCC2. The van der Waals surface area contributed by atoms with Gasteiger partial charge in [-0.05, 0) is 6.42 Å². The highest BCUT2D eigenvalue weighted by Gasteiger charge is 2.31. The van der Waals surface area contributed by atoms with Gasteiger partial charge in [0.25, 0.3) is 0 Å². The van der Waals surface area contributed by atoms with E-state index in [9.17, 15) is 9.90 Å². The molecule has 0 bridgehead atoms. The molecule has 1 aromatic rings. The van der Waals surface area contributed by atoms with Crippen LogP contribution >= 0.6 is 0 Å². The van der Waals surface area contributed by atoms with Gasteiger partial charge >= 0.3 is 5.97 Å². The van der Waals surface area contributed by atoms with Crippen molar-refractivity contribution in [3.63, 3.8) is 0 Å². The van der Waals surface area contributed by atoms with Crippen LogP contribution in [0.3, 0.4) is 0 Å². The number of carboxylic acids is 1. The zero-order valence-electron chi connectivity index (χ0n) is 9.86. The molecule has 0 amide bonds. The number of phenols is 1. The second-order valence-electron chi connectivity index (χ2n) is 4.53. The Labute approximate surface area is 104 Å². The average Bonchev–Trinajstić information content (AvgIpc) is 2.95. The number of benzene rings is 1. The van der Waals surface area contributed by atoms with E-state index in [-0.39, 0.29) is 12.2 Å². The standard InChI is InChI=1S/C13H14O5/c14-10(15)2-1-7-8-3-5-18-13(8)11(16)9-4-6-17-12(7)9/h16H,1-6H2,(H,14,15). The molecule has 96 valence electrons. The van der Waals surface area contributed by atoms with Crippen molar-refractivity contribution < 1.29 is 24.5 Å². The van der Waals surface area contributed by atoms with Gasteiger partial charge in [0.05, 0.1) is 13.2 Å². The molecule has 3 rings (SSSR count). The first-order valence-corrected chi connectivity index (χ1v) is 6.05. The van der Waals surface area contributed by atoms with Gasteiger partial charge in [0.2, 0.25) is 0 Å². The van der Waals surface area contributed by atoms with E-state index in [1.165, 1.54) is 0 Å². The lowest BCUT2D eigenvalue weighted by Gasteiger charge is -2.13. The summed E-state index contributed by atoms with van der Waals surface area (Å²) in [6, 6.07) is 0. The van der Waals surface area contributed by atoms with Crippen LogP contribution in [0.15, 0.2) is 0 Å². The van der Waals surface area contributed by atoms with Gasteiger partial charge in [0.15, 0.2) is 11.5 Å². The van der Waals surface area contributed by atoms with Crippen LogP contribution < -0.4 is 9.47 Å². The van der Waals surface area contributed by atoms with Crippen molar-refractivity contribution in [3.05, 3.63) is 16.7 Å². The number of carboxylic acid groups (broad SMARTS) is 1. The summed E-state index contributed by atoms with van der Waals surface area (Å²) in [5.74, 6) is 0.550. The molecule has 0 saturated heterocycles. The number of ether oxygens (including phenoxy) is 2. The van der Waals surface area contributed by atoms with E-state index in [1.54, 1.807) is 0 Å². The maximum Gasteiger partial charge on any atom is 0.303 e. The van der Waals surface area contributed by atoms with Gasteiger partial charge < -0.3 is 19.7 Å². The third-order valence-corrected chi connectivity index (χ3v) is 3.47.